The highest BCUT2D eigenvalue weighted by Crippen LogP contribution is 2.18. The third-order valence-electron chi connectivity index (χ3n) is 2.59. The van der Waals surface area contributed by atoms with E-state index < -0.39 is 18.4 Å². The SMILES string of the molecule is Cc1oncc1C(=O)N(CC(=O)O)c1ccccc1. The fourth-order valence-electron chi connectivity index (χ4n) is 1.67. The van der Waals surface area contributed by atoms with Crippen molar-refractivity contribution >= 4 is 17.6 Å². The van der Waals surface area contributed by atoms with E-state index in [9.17, 15) is 9.59 Å². The molecule has 1 amide bonds. The van der Waals surface area contributed by atoms with Gasteiger partial charge in [-0.05, 0) is 19.1 Å². The molecular weight excluding hydrogens is 248 g/mol. The first-order chi connectivity index (χ1) is 9.09. The Morgan fingerprint density at radius 3 is 2.53 bits per heavy atom. The van der Waals surface area contributed by atoms with Gasteiger partial charge in [0.2, 0.25) is 0 Å². The maximum atomic E-state index is 12.3. The van der Waals surface area contributed by atoms with E-state index in [1.54, 1.807) is 37.3 Å². The lowest BCUT2D eigenvalue weighted by molar-refractivity contribution is -0.135. The zero-order chi connectivity index (χ0) is 13.8. The number of hydrogen-bond acceptors (Lipinski definition) is 4. The number of aromatic nitrogens is 1. The number of anilines is 1. The molecule has 0 bridgehead atoms. The van der Waals surface area contributed by atoms with Crippen LogP contribution in [0.2, 0.25) is 0 Å². The van der Waals surface area contributed by atoms with E-state index >= 15 is 0 Å². The summed E-state index contributed by atoms with van der Waals surface area (Å²) >= 11 is 0. The van der Waals surface area contributed by atoms with Gasteiger partial charge in [-0.1, -0.05) is 23.4 Å². The van der Waals surface area contributed by atoms with Crippen LogP contribution in [-0.2, 0) is 4.79 Å². The molecule has 19 heavy (non-hydrogen) atoms. The number of rotatable bonds is 4. The third kappa shape index (κ3) is 2.79. The Morgan fingerprint density at radius 1 is 1.32 bits per heavy atom. The van der Waals surface area contributed by atoms with Crippen LogP contribution in [0.1, 0.15) is 16.1 Å². The van der Waals surface area contributed by atoms with Crippen molar-refractivity contribution in [2.24, 2.45) is 0 Å². The molecule has 0 aliphatic heterocycles. The molecule has 0 aliphatic carbocycles. The van der Waals surface area contributed by atoms with Gasteiger partial charge >= 0.3 is 5.97 Å². The van der Waals surface area contributed by atoms with Gasteiger partial charge < -0.3 is 9.63 Å². The van der Waals surface area contributed by atoms with Crippen LogP contribution in [0.3, 0.4) is 0 Å². The second-order valence-corrected chi connectivity index (χ2v) is 3.92. The maximum Gasteiger partial charge on any atom is 0.323 e. The molecule has 6 nitrogen and oxygen atoms in total. The van der Waals surface area contributed by atoms with E-state index in [1.165, 1.54) is 11.1 Å². The molecule has 1 heterocycles. The quantitative estimate of drug-likeness (QED) is 0.904. The zero-order valence-electron chi connectivity index (χ0n) is 10.2. The summed E-state index contributed by atoms with van der Waals surface area (Å²) in [6, 6.07) is 8.60. The van der Waals surface area contributed by atoms with Crippen molar-refractivity contribution < 1.29 is 19.2 Å². The smallest absolute Gasteiger partial charge is 0.323 e. The van der Waals surface area contributed by atoms with Gasteiger partial charge in [-0.2, -0.15) is 0 Å². The van der Waals surface area contributed by atoms with Crippen LogP contribution in [0.25, 0.3) is 0 Å². The molecule has 0 saturated carbocycles. The molecule has 0 atom stereocenters. The van der Waals surface area contributed by atoms with Crippen LogP contribution in [0, 0.1) is 6.92 Å². The largest absolute Gasteiger partial charge is 0.480 e. The van der Waals surface area contributed by atoms with Crippen LogP contribution >= 0.6 is 0 Å². The zero-order valence-corrected chi connectivity index (χ0v) is 10.2. The maximum absolute atomic E-state index is 12.3. The van der Waals surface area contributed by atoms with E-state index in [0.717, 1.165) is 0 Å². The summed E-state index contributed by atoms with van der Waals surface area (Å²) in [5.74, 6) is -1.19. The number of nitrogens with zero attached hydrogens (tertiary/aromatic N) is 2. The highest BCUT2D eigenvalue weighted by Gasteiger charge is 2.23. The van der Waals surface area contributed by atoms with Crippen LogP contribution in [0.5, 0.6) is 0 Å². The summed E-state index contributed by atoms with van der Waals surface area (Å²) in [6.07, 6.45) is 1.29. The van der Waals surface area contributed by atoms with Gasteiger partial charge in [0.15, 0.2) is 0 Å². The molecule has 1 aromatic heterocycles. The summed E-state index contributed by atoms with van der Waals surface area (Å²) in [4.78, 5) is 24.4. The lowest BCUT2D eigenvalue weighted by Crippen LogP contribution is -2.35. The van der Waals surface area contributed by atoms with Crippen LogP contribution in [0.4, 0.5) is 5.69 Å². The number of hydrogen-bond donors (Lipinski definition) is 1. The van der Waals surface area contributed by atoms with Gasteiger partial charge in [-0.3, -0.25) is 14.5 Å². The molecule has 0 saturated heterocycles. The molecular formula is C13H12N2O4. The molecule has 2 aromatic rings. The molecule has 0 spiro atoms. The van der Waals surface area contributed by atoms with Crippen molar-refractivity contribution in [2.45, 2.75) is 6.92 Å². The van der Waals surface area contributed by atoms with Gasteiger partial charge in [0.1, 0.15) is 17.9 Å². The Kier molecular flexibility index (Phi) is 3.61. The summed E-state index contributed by atoms with van der Waals surface area (Å²) in [5, 5.41) is 12.5. The third-order valence-corrected chi connectivity index (χ3v) is 2.59. The molecule has 0 radical (unpaired) electrons. The van der Waals surface area contributed by atoms with Crippen LogP contribution < -0.4 is 4.90 Å². The van der Waals surface area contributed by atoms with E-state index in [0.29, 0.717) is 11.4 Å². The Hall–Kier alpha value is -2.63. The van der Waals surface area contributed by atoms with Crippen LogP contribution in [0.15, 0.2) is 41.1 Å². The first-order valence-corrected chi connectivity index (χ1v) is 5.59. The van der Waals surface area contributed by atoms with Gasteiger partial charge in [-0.25, -0.2) is 0 Å². The molecule has 0 fully saturated rings. The average Bonchev–Trinajstić information content (AvgIpc) is 2.82. The predicted molar refractivity (Wildman–Crippen MR) is 67.0 cm³/mol. The minimum absolute atomic E-state index is 0.255. The van der Waals surface area contributed by atoms with Crippen molar-refractivity contribution in [3.05, 3.63) is 47.9 Å². The fraction of sp³-hybridized carbons (Fsp3) is 0.154. The van der Waals surface area contributed by atoms with Gasteiger partial charge in [0, 0.05) is 5.69 Å². The minimum atomic E-state index is -1.09. The number of carboxylic acids is 1. The predicted octanol–water partition coefficient (Wildman–Crippen LogP) is 1.71. The summed E-state index contributed by atoms with van der Waals surface area (Å²) in [5.41, 5.74) is 0.764. The molecule has 1 aromatic carbocycles. The van der Waals surface area contributed by atoms with E-state index in [1.807, 2.05) is 0 Å². The van der Waals surface area contributed by atoms with Crippen molar-refractivity contribution in [3.8, 4) is 0 Å². The van der Waals surface area contributed by atoms with Crippen molar-refractivity contribution in [1.82, 2.24) is 5.16 Å². The van der Waals surface area contributed by atoms with Crippen LogP contribution in [-0.4, -0.2) is 28.7 Å². The molecule has 6 heteroatoms. The highest BCUT2D eigenvalue weighted by molar-refractivity contribution is 6.08. The van der Waals surface area contributed by atoms with E-state index in [-0.39, 0.29) is 5.56 Å². The summed E-state index contributed by atoms with van der Waals surface area (Å²) < 4.78 is 4.83. The second kappa shape index (κ2) is 5.34. The van der Waals surface area contributed by atoms with E-state index in [2.05, 4.69) is 5.16 Å². The monoisotopic (exact) mass is 260 g/mol. The number of aliphatic carboxylic acids is 1. The number of carboxylic acid groups (broad SMARTS) is 1. The number of carbonyl (C=O) groups is 2. The second-order valence-electron chi connectivity index (χ2n) is 3.92. The number of para-hydroxylation sites is 1. The summed E-state index contributed by atoms with van der Waals surface area (Å²) in [6.45, 7) is 1.18. The normalized spacial score (nSPS) is 10.2. The van der Waals surface area contributed by atoms with E-state index in [4.69, 9.17) is 9.63 Å². The van der Waals surface area contributed by atoms with Crippen molar-refractivity contribution in [1.29, 1.82) is 0 Å². The van der Waals surface area contributed by atoms with Crippen molar-refractivity contribution in [2.75, 3.05) is 11.4 Å². The standard InChI is InChI=1S/C13H12N2O4/c1-9-11(7-14-19-9)13(18)15(8-12(16)17)10-5-3-2-4-6-10/h2-7H,8H2,1H3,(H,16,17). The molecule has 0 aliphatic rings. The number of carbonyl (C=O) groups excluding carboxylic acids is 1. The number of amides is 1. The first-order valence-electron chi connectivity index (χ1n) is 5.59. The Bertz CT molecular complexity index is 592. The summed E-state index contributed by atoms with van der Waals surface area (Å²) in [7, 11) is 0. The lowest BCUT2D eigenvalue weighted by Gasteiger charge is -2.20. The number of aryl methyl sites for hydroxylation is 1. The molecule has 1 N–H and O–H groups in total. The lowest BCUT2D eigenvalue weighted by atomic mass is 10.2. The fourth-order valence-corrected chi connectivity index (χ4v) is 1.67. The Balaban J connectivity index is 2.36. The molecule has 98 valence electrons. The number of benzene rings is 1. The minimum Gasteiger partial charge on any atom is -0.480 e. The topological polar surface area (TPSA) is 83.6 Å². The Morgan fingerprint density at radius 2 is 2.00 bits per heavy atom. The van der Waals surface area contributed by atoms with Gasteiger partial charge in [0.05, 0.1) is 6.20 Å². The highest BCUT2D eigenvalue weighted by atomic mass is 16.5. The van der Waals surface area contributed by atoms with Crippen molar-refractivity contribution in [3.63, 3.8) is 0 Å². The molecule has 2 rings (SSSR count). The molecule has 0 unspecified atom stereocenters. The van der Waals surface area contributed by atoms with Gasteiger partial charge in [0.25, 0.3) is 5.91 Å². The van der Waals surface area contributed by atoms with Gasteiger partial charge in [-0.15, -0.1) is 0 Å². The first kappa shape index (κ1) is 12.8. The Labute approximate surface area is 109 Å². The average molecular weight is 260 g/mol.